The van der Waals surface area contributed by atoms with Crippen molar-refractivity contribution >= 4 is 27.0 Å². The molecule has 0 spiro atoms. The first-order valence-corrected chi connectivity index (χ1v) is 7.00. The number of halogens is 1. The Kier molecular flexibility index (Phi) is 2.82. The van der Waals surface area contributed by atoms with Crippen LogP contribution in [0.25, 0.3) is 11.0 Å². The van der Waals surface area contributed by atoms with Crippen LogP contribution < -0.4 is 5.69 Å². The zero-order chi connectivity index (χ0) is 11.8. The lowest BCUT2D eigenvalue weighted by atomic mass is 9.81. The zero-order valence-corrected chi connectivity index (χ0v) is 11.1. The zero-order valence-electron chi connectivity index (χ0n) is 9.50. The van der Waals surface area contributed by atoms with Crippen LogP contribution in [-0.2, 0) is 0 Å². The molecule has 1 atom stereocenters. The maximum atomic E-state index is 11.2. The van der Waals surface area contributed by atoms with Crippen molar-refractivity contribution in [2.24, 2.45) is 5.92 Å². The molecule has 1 aromatic carbocycles. The quantitative estimate of drug-likeness (QED) is 0.837. The third-order valence-corrected chi connectivity index (χ3v) is 4.57. The van der Waals surface area contributed by atoms with E-state index in [4.69, 9.17) is 0 Å². The minimum atomic E-state index is -0.137. The van der Waals surface area contributed by atoms with Crippen molar-refractivity contribution in [1.29, 1.82) is 0 Å². The van der Waals surface area contributed by atoms with Crippen LogP contribution in [0.3, 0.4) is 0 Å². The highest BCUT2D eigenvalue weighted by atomic mass is 79.9. The van der Waals surface area contributed by atoms with Gasteiger partial charge in [-0.3, -0.25) is 0 Å². The van der Waals surface area contributed by atoms with E-state index in [-0.39, 0.29) is 5.69 Å². The van der Waals surface area contributed by atoms with E-state index in [2.05, 4.69) is 38.0 Å². The summed E-state index contributed by atoms with van der Waals surface area (Å²) in [5.74, 6) is 0.875. The van der Waals surface area contributed by atoms with Crippen molar-refractivity contribution < 1.29 is 0 Å². The molecule has 1 aliphatic carbocycles. The summed E-state index contributed by atoms with van der Waals surface area (Å²) in [5.41, 5.74) is 2.88. The summed E-state index contributed by atoms with van der Waals surface area (Å²) >= 11 is 3.75. The highest BCUT2D eigenvalue weighted by molar-refractivity contribution is 9.09. The monoisotopic (exact) mass is 294 g/mol. The number of hydrogen-bond donors (Lipinski definition) is 2. The minimum absolute atomic E-state index is 0.137. The first-order valence-electron chi connectivity index (χ1n) is 6.08. The van der Waals surface area contributed by atoms with Crippen molar-refractivity contribution in [3.63, 3.8) is 0 Å². The van der Waals surface area contributed by atoms with Crippen LogP contribution in [0.1, 0.15) is 36.1 Å². The predicted molar refractivity (Wildman–Crippen MR) is 72.5 cm³/mol. The molecular formula is C13H15BrN2O. The molecule has 2 aromatic rings. The Bertz CT molecular complexity index is 582. The lowest BCUT2D eigenvalue weighted by Crippen LogP contribution is -2.12. The van der Waals surface area contributed by atoms with E-state index in [1.807, 2.05) is 6.07 Å². The highest BCUT2D eigenvalue weighted by Gasteiger charge is 2.21. The second-order valence-corrected chi connectivity index (χ2v) is 5.99. The number of imidazole rings is 1. The van der Waals surface area contributed by atoms with Gasteiger partial charge in [-0.2, -0.15) is 0 Å². The summed E-state index contributed by atoms with van der Waals surface area (Å²) in [6.07, 6.45) is 5.31. The van der Waals surface area contributed by atoms with Gasteiger partial charge in [-0.1, -0.05) is 41.3 Å². The molecule has 2 N–H and O–H groups in total. The van der Waals surface area contributed by atoms with Crippen LogP contribution >= 0.6 is 15.9 Å². The lowest BCUT2D eigenvalue weighted by molar-refractivity contribution is 0.295. The SMILES string of the molecule is O=c1[nH]c2ccc(C(Br)CC3CCC3)cc2[nH]1. The molecule has 4 heteroatoms. The van der Waals surface area contributed by atoms with E-state index in [1.165, 1.54) is 31.2 Å². The van der Waals surface area contributed by atoms with Crippen LogP contribution in [0.15, 0.2) is 23.0 Å². The standard InChI is InChI=1S/C13H15BrN2O/c14-10(6-8-2-1-3-8)9-4-5-11-12(7-9)16-13(17)15-11/h4-5,7-8,10H,1-3,6H2,(H2,15,16,17). The third kappa shape index (κ3) is 2.18. The Morgan fingerprint density at radius 3 is 2.76 bits per heavy atom. The molecule has 3 rings (SSSR count). The lowest BCUT2D eigenvalue weighted by Gasteiger charge is -2.27. The summed E-state index contributed by atoms with van der Waals surface area (Å²) in [6, 6.07) is 6.12. The van der Waals surface area contributed by atoms with Gasteiger partial charge in [0.25, 0.3) is 0 Å². The number of nitrogens with one attached hydrogen (secondary N) is 2. The van der Waals surface area contributed by atoms with E-state index >= 15 is 0 Å². The van der Waals surface area contributed by atoms with Crippen LogP contribution in [0.4, 0.5) is 0 Å². The average Bonchev–Trinajstić information content (AvgIpc) is 2.62. The number of alkyl halides is 1. The molecule has 1 saturated carbocycles. The van der Waals surface area contributed by atoms with Crippen molar-refractivity contribution in [1.82, 2.24) is 9.97 Å². The fourth-order valence-corrected chi connectivity index (χ4v) is 3.22. The van der Waals surface area contributed by atoms with Crippen molar-refractivity contribution in [3.05, 3.63) is 34.2 Å². The Morgan fingerprint density at radius 2 is 2.06 bits per heavy atom. The molecule has 17 heavy (non-hydrogen) atoms. The average molecular weight is 295 g/mol. The molecule has 1 aromatic heterocycles. The second-order valence-electron chi connectivity index (χ2n) is 4.88. The minimum Gasteiger partial charge on any atom is -0.306 e. The Hall–Kier alpha value is -1.03. The molecule has 1 heterocycles. The van der Waals surface area contributed by atoms with Gasteiger partial charge in [0.1, 0.15) is 0 Å². The molecule has 3 nitrogen and oxygen atoms in total. The molecule has 0 saturated heterocycles. The summed E-state index contributed by atoms with van der Waals surface area (Å²) in [6.45, 7) is 0. The molecular weight excluding hydrogens is 280 g/mol. The van der Waals surface area contributed by atoms with Gasteiger partial charge in [-0.15, -0.1) is 0 Å². The maximum Gasteiger partial charge on any atom is 0.323 e. The number of benzene rings is 1. The predicted octanol–water partition coefficient (Wildman–Crippen LogP) is 3.48. The molecule has 0 radical (unpaired) electrons. The fraction of sp³-hybridized carbons (Fsp3) is 0.462. The van der Waals surface area contributed by atoms with Crippen molar-refractivity contribution in [3.8, 4) is 0 Å². The second kappa shape index (κ2) is 4.33. The van der Waals surface area contributed by atoms with Gasteiger partial charge in [-0.25, -0.2) is 4.79 Å². The Labute approximate surface area is 108 Å². The highest BCUT2D eigenvalue weighted by Crippen LogP contribution is 2.38. The molecule has 0 bridgehead atoms. The van der Waals surface area contributed by atoms with Gasteiger partial charge in [-0.05, 0) is 30.0 Å². The van der Waals surface area contributed by atoms with E-state index in [0.29, 0.717) is 4.83 Å². The first-order chi connectivity index (χ1) is 8.22. The van der Waals surface area contributed by atoms with E-state index < -0.39 is 0 Å². The Morgan fingerprint density at radius 1 is 1.29 bits per heavy atom. The molecule has 90 valence electrons. The van der Waals surface area contributed by atoms with Gasteiger partial charge in [0.15, 0.2) is 0 Å². The number of fused-ring (bicyclic) bond motifs is 1. The van der Waals surface area contributed by atoms with Crippen LogP contribution in [0.2, 0.25) is 0 Å². The summed E-state index contributed by atoms with van der Waals surface area (Å²) < 4.78 is 0. The van der Waals surface area contributed by atoms with E-state index in [1.54, 1.807) is 0 Å². The Balaban J connectivity index is 1.85. The smallest absolute Gasteiger partial charge is 0.306 e. The summed E-state index contributed by atoms with van der Waals surface area (Å²) in [5, 5.41) is 0. The molecule has 1 unspecified atom stereocenters. The fourth-order valence-electron chi connectivity index (χ4n) is 2.40. The number of hydrogen-bond acceptors (Lipinski definition) is 1. The summed E-state index contributed by atoms with van der Waals surface area (Å²) in [7, 11) is 0. The number of aromatic amines is 2. The van der Waals surface area contributed by atoms with Gasteiger partial charge in [0, 0.05) is 4.83 Å². The maximum absolute atomic E-state index is 11.2. The summed E-state index contributed by atoms with van der Waals surface area (Å²) in [4.78, 5) is 17.1. The van der Waals surface area contributed by atoms with Crippen LogP contribution in [0, 0.1) is 5.92 Å². The van der Waals surface area contributed by atoms with Crippen LogP contribution in [0.5, 0.6) is 0 Å². The van der Waals surface area contributed by atoms with Gasteiger partial charge < -0.3 is 9.97 Å². The molecule has 0 aliphatic heterocycles. The molecule has 1 aliphatic rings. The van der Waals surface area contributed by atoms with Gasteiger partial charge >= 0.3 is 5.69 Å². The van der Waals surface area contributed by atoms with Gasteiger partial charge in [0.05, 0.1) is 11.0 Å². The number of H-pyrrole nitrogens is 2. The van der Waals surface area contributed by atoms with Gasteiger partial charge in [0.2, 0.25) is 0 Å². The topological polar surface area (TPSA) is 48.6 Å². The normalized spacial score (nSPS) is 18.2. The third-order valence-electron chi connectivity index (χ3n) is 3.67. The van der Waals surface area contributed by atoms with Crippen molar-refractivity contribution in [2.75, 3.05) is 0 Å². The largest absolute Gasteiger partial charge is 0.323 e. The van der Waals surface area contributed by atoms with E-state index in [0.717, 1.165) is 17.0 Å². The molecule has 1 fully saturated rings. The molecule has 0 amide bonds. The first kappa shape index (κ1) is 11.1. The number of rotatable bonds is 3. The van der Waals surface area contributed by atoms with Crippen molar-refractivity contribution in [2.45, 2.75) is 30.5 Å². The van der Waals surface area contributed by atoms with E-state index in [9.17, 15) is 4.79 Å². The van der Waals surface area contributed by atoms with Crippen LogP contribution in [-0.4, -0.2) is 9.97 Å². The number of aromatic nitrogens is 2.